The van der Waals surface area contributed by atoms with E-state index in [0.717, 1.165) is 0 Å². The monoisotopic (exact) mass is 253 g/mol. The topological polar surface area (TPSA) is 46.6 Å². The van der Waals surface area contributed by atoms with Crippen molar-refractivity contribution < 1.29 is 18.7 Å². The minimum atomic E-state index is -1.28. The molecule has 0 saturated heterocycles. The summed E-state index contributed by atoms with van der Waals surface area (Å²) in [4.78, 5) is 25.0. The largest absolute Gasteiger partial charge is 0.468 e. The molecule has 0 aliphatic rings. The average Bonchev–Trinajstić information content (AvgIpc) is 2.36. The van der Waals surface area contributed by atoms with Gasteiger partial charge in [0.25, 0.3) is 0 Å². The Labute approximate surface area is 105 Å². The van der Waals surface area contributed by atoms with Gasteiger partial charge in [0.2, 0.25) is 5.91 Å². The summed E-state index contributed by atoms with van der Waals surface area (Å²) in [6.45, 7) is 2.97. The lowest BCUT2D eigenvalue weighted by Crippen LogP contribution is -2.44. The normalized spacial score (nSPS) is 10.9. The van der Waals surface area contributed by atoms with Gasteiger partial charge in [0.15, 0.2) is 0 Å². The van der Waals surface area contributed by atoms with E-state index < -0.39 is 17.3 Å². The molecule has 0 saturated carbocycles. The molecule has 0 bridgehead atoms. The molecule has 18 heavy (non-hydrogen) atoms. The number of carbonyl (C=O) groups is 2. The van der Waals surface area contributed by atoms with Crippen LogP contribution in [0.1, 0.15) is 13.8 Å². The highest BCUT2D eigenvalue weighted by molar-refractivity contribution is 6.09. The van der Waals surface area contributed by atoms with Crippen molar-refractivity contribution in [3.63, 3.8) is 0 Å². The van der Waals surface area contributed by atoms with Crippen molar-refractivity contribution in [2.45, 2.75) is 13.8 Å². The molecule has 0 fully saturated rings. The van der Waals surface area contributed by atoms with Gasteiger partial charge in [-0.25, -0.2) is 4.39 Å². The lowest BCUT2D eigenvalue weighted by Gasteiger charge is -2.27. The maximum Gasteiger partial charge on any atom is 0.320 e. The molecular weight excluding hydrogens is 237 g/mol. The molecule has 0 spiro atoms. The van der Waals surface area contributed by atoms with Crippen molar-refractivity contribution in [3.8, 4) is 0 Å². The van der Waals surface area contributed by atoms with E-state index in [-0.39, 0.29) is 5.82 Å². The Kier molecular flexibility index (Phi) is 4.06. The highest BCUT2D eigenvalue weighted by Crippen LogP contribution is 2.24. The lowest BCUT2D eigenvalue weighted by atomic mass is 9.91. The first-order chi connectivity index (χ1) is 8.30. The van der Waals surface area contributed by atoms with Gasteiger partial charge in [0, 0.05) is 12.7 Å². The van der Waals surface area contributed by atoms with Gasteiger partial charge in [0.1, 0.15) is 11.2 Å². The zero-order chi connectivity index (χ0) is 13.9. The van der Waals surface area contributed by atoms with Crippen LogP contribution in [0, 0.1) is 11.2 Å². The summed E-state index contributed by atoms with van der Waals surface area (Å²) >= 11 is 0. The number of hydrogen-bond donors (Lipinski definition) is 0. The number of nitrogens with zero attached hydrogens (tertiary/aromatic N) is 1. The Morgan fingerprint density at radius 1 is 1.22 bits per heavy atom. The predicted molar refractivity (Wildman–Crippen MR) is 65.6 cm³/mol. The summed E-state index contributed by atoms with van der Waals surface area (Å²) in [7, 11) is 2.76. The molecule has 0 atom stereocenters. The van der Waals surface area contributed by atoms with Gasteiger partial charge in [-0.3, -0.25) is 9.59 Å². The number of hydrogen-bond acceptors (Lipinski definition) is 3. The second-order valence-electron chi connectivity index (χ2n) is 4.46. The molecule has 1 amide bonds. The Bertz CT molecular complexity index is 454. The molecule has 0 N–H and O–H groups in total. The van der Waals surface area contributed by atoms with Crippen LogP contribution >= 0.6 is 0 Å². The molecule has 0 radical (unpaired) electrons. The molecule has 0 heterocycles. The molecule has 0 unspecified atom stereocenters. The quantitative estimate of drug-likeness (QED) is 0.611. The van der Waals surface area contributed by atoms with E-state index >= 15 is 0 Å². The van der Waals surface area contributed by atoms with Crippen molar-refractivity contribution in [1.82, 2.24) is 0 Å². The van der Waals surface area contributed by atoms with Crippen molar-refractivity contribution in [1.29, 1.82) is 0 Å². The summed E-state index contributed by atoms with van der Waals surface area (Å²) in [5, 5.41) is 0. The summed E-state index contributed by atoms with van der Waals surface area (Å²) in [5.41, 5.74) is -0.767. The van der Waals surface area contributed by atoms with E-state index in [9.17, 15) is 14.0 Å². The van der Waals surface area contributed by atoms with Crippen LogP contribution in [0.2, 0.25) is 0 Å². The van der Waals surface area contributed by atoms with Gasteiger partial charge in [-0.05, 0) is 38.1 Å². The van der Waals surface area contributed by atoms with Gasteiger partial charge in [-0.2, -0.15) is 0 Å². The highest BCUT2D eigenvalue weighted by atomic mass is 19.1. The first-order valence-corrected chi connectivity index (χ1v) is 5.43. The first-order valence-electron chi connectivity index (χ1n) is 5.43. The fraction of sp³-hybridized carbons (Fsp3) is 0.385. The minimum Gasteiger partial charge on any atom is -0.468 e. The molecule has 5 heteroatoms. The van der Waals surface area contributed by atoms with Gasteiger partial charge in [-0.15, -0.1) is 0 Å². The number of carbonyl (C=O) groups excluding carboxylic acids is 2. The fourth-order valence-electron chi connectivity index (χ4n) is 1.54. The zero-order valence-electron chi connectivity index (χ0n) is 10.9. The number of methoxy groups -OCH3 is 1. The van der Waals surface area contributed by atoms with Gasteiger partial charge in [0.05, 0.1) is 7.11 Å². The Morgan fingerprint density at radius 2 is 1.72 bits per heavy atom. The number of ether oxygens (including phenoxy) is 1. The summed E-state index contributed by atoms with van der Waals surface area (Å²) in [6, 6.07) is 5.45. The smallest absolute Gasteiger partial charge is 0.320 e. The Balaban J connectivity index is 2.97. The number of amides is 1. The van der Waals surface area contributed by atoms with E-state index in [1.165, 1.54) is 57.2 Å². The lowest BCUT2D eigenvalue weighted by molar-refractivity contribution is -0.155. The second kappa shape index (κ2) is 5.16. The molecule has 98 valence electrons. The molecule has 1 aromatic rings. The standard InChI is InChI=1S/C13H16FNO3/c1-13(2,12(17)18-4)11(16)15(3)10-7-5-9(14)6-8-10/h5-8H,1-4H3. The molecule has 4 nitrogen and oxygen atoms in total. The SMILES string of the molecule is COC(=O)C(C)(C)C(=O)N(C)c1ccc(F)cc1. The summed E-state index contributed by atoms with van der Waals surface area (Å²) in [5.74, 6) is -1.41. The van der Waals surface area contributed by atoms with E-state index in [1.54, 1.807) is 0 Å². The maximum absolute atomic E-state index is 12.8. The van der Waals surface area contributed by atoms with Gasteiger partial charge < -0.3 is 9.64 Å². The van der Waals surface area contributed by atoms with Crippen LogP contribution in [0.5, 0.6) is 0 Å². The third kappa shape index (κ3) is 2.67. The van der Waals surface area contributed by atoms with Crippen LogP contribution in [0.3, 0.4) is 0 Å². The number of rotatable bonds is 3. The third-order valence-electron chi connectivity index (χ3n) is 2.75. The minimum absolute atomic E-state index is 0.383. The van der Waals surface area contributed by atoms with Crippen molar-refractivity contribution >= 4 is 17.6 Å². The van der Waals surface area contributed by atoms with Gasteiger partial charge in [-0.1, -0.05) is 0 Å². The van der Waals surface area contributed by atoms with Crippen molar-refractivity contribution in [2.75, 3.05) is 19.1 Å². The molecule has 0 aromatic heterocycles. The van der Waals surface area contributed by atoms with E-state index in [0.29, 0.717) is 5.69 Å². The Hall–Kier alpha value is -1.91. The number of halogens is 1. The van der Waals surface area contributed by atoms with Crippen LogP contribution in [-0.4, -0.2) is 26.0 Å². The van der Waals surface area contributed by atoms with Crippen LogP contribution in [0.25, 0.3) is 0 Å². The van der Waals surface area contributed by atoms with Crippen LogP contribution in [-0.2, 0) is 14.3 Å². The molecular formula is C13H16FNO3. The van der Waals surface area contributed by atoms with E-state index in [1.807, 2.05) is 0 Å². The molecule has 0 aliphatic carbocycles. The number of esters is 1. The molecule has 1 aromatic carbocycles. The summed E-state index contributed by atoms with van der Waals surface area (Å²) in [6.07, 6.45) is 0. The van der Waals surface area contributed by atoms with Crippen molar-refractivity contribution in [3.05, 3.63) is 30.1 Å². The second-order valence-corrected chi connectivity index (χ2v) is 4.46. The van der Waals surface area contributed by atoms with E-state index in [4.69, 9.17) is 0 Å². The van der Waals surface area contributed by atoms with Crippen LogP contribution < -0.4 is 4.90 Å². The fourth-order valence-corrected chi connectivity index (χ4v) is 1.54. The number of benzene rings is 1. The molecule has 0 aliphatic heterocycles. The van der Waals surface area contributed by atoms with Crippen LogP contribution in [0.4, 0.5) is 10.1 Å². The maximum atomic E-state index is 12.8. The molecule has 1 rings (SSSR count). The predicted octanol–water partition coefficient (Wildman–Crippen LogP) is 1.99. The Morgan fingerprint density at radius 3 is 2.17 bits per heavy atom. The zero-order valence-corrected chi connectivity index (χ0v) is 10.9. The third-order valence-corrected chi connectivity index (χ3v) is 2.75. The number of anilines is 1. The van der Waals surface area contributed by atoms with Crippen LogP contribution in [0.15, 0.2) is 24.3 Å². The van der Waals surface area contributed by atoms with Gasteiger partial charge >= 0.3 is 5.97 Å². The van der Waals surface area contributed by atoms with E-state index in [2.05, 4.69) is 4.74 Å². The average molecular weight is 253 g/mol. The summed E-state index contributed by atoms with van der Waals surface area (Å²) < 4.78 is 17.4. The van der Waals surface area contributed by atoms with Crippen molar-refractivity contribution in [2.24, 2.45) is 5.41 Å². The highest BCUT2D eigenvalue weighted by Gasteiger charge is 2.39. The first kappa shape index (κ1) is 14.2.